The number of hydrogen-bond donors (Lipinski definition) is 0. The fourth-order valence-corrected chi connectivity index (χ4v) is 18.6. The largest absolute Gasteiger partial charge is 0.407 e. The molecule has 0 aromatic carbocycles. The van der Waals surface area contributed by atoms with Crippen molar-refractivity contribution in [3.8, 4) is 0 Å². The van der Waals surface area contributed by atoms with E-state index in [-0.39, 0.29) is 0 Å². The molecule has 0 bridgehead atoms. The summed E-state index contributed by atoms with van der Waals surface area (Å²) in [5.41, 5.74) is 0. The predicted octanol–water partition coefficient (Wildman–Crippen LogP) is 1.17. The Bertz CT molecular complexity index is 788. The summed E-state index contributed by atoms with van der Waals surface area (Å²) in [6.45, 7) is 6.13. The minimum Gasteiger partial charge on any atom is -0.407 e. The first-order valence-corrected chi connectivity index (χ1v) is 15.7. The van der Waals surface area contributed by atoms with Gasteiger partial charge >= 0.3 is 25.7 Å². The number of nitrogens with zero attached hydrogens (tertiary/aromatic N) is 3. The normalized spacial score (nSPS) is 30.8. The van der Waals surface area contributed by atoms with Gasteiger partial charge < -0.3 is 12.3 Å². The molecule has 138 valence electrons. The van der Waals surface area contributed by atoms with Crippen LogP contribution < -0.4 is 16.0 Å². The van der Waals surface area contributed by atoms with E-state index in [1.807, 2.05) is 74.2 Å². The summed E-state index contributed by atoms with van der Waals surface area (Å²) < 4.78 is 20.0. The molecule has 4 rings (SSSR count). The topological polar surface area (TPSA) is 66.4 Å². The fourth-order valence-electron chi connectivity index (χ4n) is 3.39. The van der Waals surface area contributed by atoms with Gasteiger partial charge in [0.1, 0.15) is 0 Å². The van der Waals surface area contributed by atoms with Gasteiger partial charge in [-0.05, 0) is 56.0 Å². The Labute approximate surface area is 162 Å². The molecule has 0 N–H and O–H groups in total. The molecule has 0 saturated carbocycles. The van der Waals surface area contributed by atoms with E-state index in [4.69, 9.17) is 12.3 Å². The molecule has 9 heteroatoms. The molecule has 0 spiro atoms. The summed E-state index contributed by atoms with van der Waals surface area (Å²) in [5.74, 6) is 0. The Hall–Kier alpha value is -2.02. The first-order chi connectivity index (χ1) is 12.9. The van der Waals surface area contributed by atoms with E-state index in [1.54, 1.807) is 18.6 Å². The van der Waals surface area contributed by atoms with Crippen molar-refractivity contribution in [2.24, 2.45) is 0 Å². The van der Waals surface area contributed by atoms with E-state index in [9.17, 15) is 0 Å². The van der Waals surface area contributed by atoms with Crippen molar-refractivity contribution in [2.45, 2.75) is 19.6 Å². The molecule has 0 unspecified atom stereocenters. The monoisotopic (exact) mass is 411 g/mol. The maximum atomic E-state index is 6.67. The minimum atomic E-state index is -2.84. The standard InChI is InChI=1S/C18H21N3O3Si3/c1-25(16-10-4-7-13-19-16)22-26(2,17-11-5-8-14-20-17)24-27(3,23-25)18-12-6-9-15-21-18/h4-15H,1-3H3. The summed E-state index contributed by atoms with van der Waals surface area (Å²) >= 11 is 0. The van der Waals surface area contributed by atoms with E-state index in [0.29, 0.717) is 0 Å². The lowest BCUT2D eigenvalue weighted by Crippen LogP contribution is -2.78. The van der Waals surface area contributed by atoms with Crippen molar-refractivity contribution in [3.63, 3.8) is 0 Å². The van der Waals surface area contributed by atoms with Crippen LogP contribution in [0.3, 0.4) is 0 Å². The van der Waals surface area contributed by atoms with Crippen molar-refractivity contribution < 1.29 is 12.3 Å². The Balaban J connectivity index is 1.85. The molecule has 0 atom stereocenters. The van der Waals surface area contributed by atoms with Crippen LogP contribution in [0.1, 0.15) is 0 Å². The maximum Gasteiger partial charge on any atom is 0.371 e. The molecular formula is C18H21N3O3Si3. The zero-order chi connectivity index (χ0) is 19.0. The predicted molar refractivity (Wildman–Crippen MR) is 110 cm³/mol. The van der Waals surface area contributed by atoms with Gasteiger partial charge in [0.2, 0.25) is 0 Å². The highest BCUT2D eigenvalue weighted by molar-refractivity contribution is 7.04. The van der Waals surface area contributed by atoms with Crippen molar-refractivity contribution in [2.75, 3.05) is 0 Å². The van der Waals surface area contributed by atoms with Gasteiger partial charge in [-0.2, -0.15) is 0 Å². The Morgan fingerprint density at radius 2 is 0.815 bits per heavy atom. The molecule has 6 nitrogen and oxygen atoms in total. The third-order valence-corrected chi connectivity index (χ3v) is 17.6. The smallest absolute Gasteiger partial charge is 0.371 e. The van der Waals surface area contributed by atoms with E-state index >= 15 is 0 Å². The number of pyridine rings is 3. The zero-order valence-electron chi connectivity index (χ0n) is 15.5. The van der Waals surface area contributed by atoms with E-state index in [0.717, 1.165) is 16.0 Å². The van der Waals surface area contributed by atoms with Crippen molar-refractivity contribution >= 4 is 41.6 Å². The summed E-state index contributed by atoms with van der Waals surface area (Å²) in [4.78, 5) is 13.7. The molecule has 0 radical (unpaired) electrons. The second-order valence-electron chi connectivity index (χ2n) is 6.79. The summed E-state index contributed by atoms with van der Waals surface area (Å²) in [5, 5.41) is 2.54. The van der Waals surface area contributed by atoms with Gasteiger partial charge in [-0.3, -0.25) is 15.0 Å². The zero-order valence-corrected chi connectivity index (χ0v) is 18.5. The van der Waals surface area contributed by atoms with Crippen LogP contribution >= 0.6 is 0 Å². The van der Waals surface area contributed by atoms with Crippen molar-refractivity contribution in [1.29, 1.82) is 0 Å². The van der Waals surface area contributed by atoms with E-state index < -0.39 is 25.7 Å². The van der Waals surface area contributed by atoms with Gasteiger partial charge in [0.05, 0.1) is 16.0 Å². The van der Waals surface area contributed by atoms with Crippen molar-refractivity contribution in [1.82, 2.24) is 15.0 Å². The Morgan fingerprint density at radius 3 is 1.04 bits per heavy atom. The lowest BCUT2D eigenvalue weighted by Gasteiger charge is -2.48. The first kappa shape index (κ1) is 18.3. The SMILES string of the molecule is C[Si]1(c2ccccn2)O[Si](C)(c2ccccn2)O[Si](C)(c2ccccn2)O1. The van der Waals surface area contributed by atoms with Crippen LogP contribution in [0.2, 0.25) is 19.6 Å². The van der Waals surface area contributed by atoms with Gasteiger partial charge in [0.25, 0.3) is 0 Å². The third-order valence-electron chi connectivity index (χ3n) is 4.56. The van der Waals surface area contributed by atoms with E-state index in [2.05, 4.69) is 15.0 Å². The second-order valence-corrected chi connectivity index (χ2v) is 16.4. The molecule has 1 saturated heterocycles. The third kappa shape index (κ3) is 3.45. The summed E-state index contributed by atoms with van der Waals surface area (Å²) in [6.07, 6.45) is 5.32. The van der Waals surface area contributed by atoms with Gasteiger partial charge in [0.15, 0.2) is 0 Å². The van der Waals surface area contributed by atoms with Gasteiger partial charge in [-0.15, -0.1) is 0 Å². The molecular weight excluding hydrogens is 390 g/mol. The van der Waals surface area contributed by atoms with Crippen LogP contribution in [-0.4, -0.2) is 40.6 Å². The first-order valence-electron chi connectivity index (χ1n) is 8.79. The Morgan fingerprint density at radius 1 is 0.519 bits per heavy atom. The van der Waals surface area contributed by atoms with Crippen LogP contribution in [0.4, 0.5) is 0 Å². The molecule has 4 heterocycles. The van der Waals surface area contributed by atoms with Crippen LogP contribution in [0, 0.1) is 0 Å². The van der Waals surface area contributed by atoms with Crippen LogP contribution in [0.15, 0.2) is 73.2 Å². The molecule has 1 aliphatic rings. The van der Waals surface area contributed by atoms with Crippen LogP contribution in [-0.2, 0) is 12.3 Å². The number of aromatic nitrogens is 3. The highest BCUT2D eigenvalue weighted by Crippen LogP contribution is 2.29. The van der Waals surface area contributed by atoms with E-state index in [1.165, 1.54) is 0 Å². The maximum absolute atomic E-state index is 6.67. The number of rotatable bonds is 3. The molecule has 3 aromatic heterocycles. The summed E-state index contributed by atoms with van der Waals surface area (Å²) in [7, 11) is -8.53. The van der Waals surface area contributed by atoms with Gasteiger partial charge in [-0.25, -0.2) is 0 Å². The average molecular weight is 412 g/mol. The molecule has 27 heavy (non-hydrogen) atoms. The lowest BCUT2D eigenvalue weighted by atomic mass is 10.5. The van der Waals surface area contributed by atoms with Crippen LogP contribution in [0.5, 0.6) is 0 Å². The highest BCUT2D eigenvalue weighted by Gasteiger charge is 2.61. The second kappa shape index (κ2) is 6.86. The highest BCUT2D eigenvalue weighted by atomic mass is 28.5. The molecule has 0 amide bonds. The fraction of sp³-hybridized carbons (Fsp3) is 0.167. The molecule has 1 aliphatic heterocycles. The Kier molecular flexibility index (Phi) is 4.66. The van der Waals surface area contributed by atoms with Gasteiger partial charge in [0, 0.05) is 18.6 Å². The number of hydrogen-bond acceptors (Lipinski definition) is 6. The lowest BCUT2D eigenvalue weighted by molar-refractivity contribution is 0.251. The molecule has 1 fully saturated rings. The minimum absolute atomic E-state index is 0.845. The average Bonchev–Trinajstić information content (AvgIpc) is 2.69. The van der Waals surface area contributed by atoms with Crippen molar-refractivity contribution in [3.05, 3.63) is 73.2 Å². The van der Waals surface area contributed by atoms with Crippen LogP contribution in [0.25, 0.3) is 0 Å². The van der Waals surface area contributed by atoms with Gasteiger partial charge in [-0.1, -0.05) is 18.2 Å². The quantitative estimate of drug-likeness (QED) is 0.603. The molecule has 3 aromatic rings. The summed E-state index contributed by atoms with van der Waals surface area (Å²) in [6, 6.07) is 17.5. The molecule has 0 aliphatic carbocycles.